The first-order valence-corrected chi connectivity index (χ1v) is 6.36. The molecule has 2 rings (SSSR count). The third-order valence-corrected chi connectivity index (χ3v) is 3.06. The fraction of sp³-hybridized carbons (Fsp3) is 0.357. The summed E-state index contributed by atoms with van der Waals surface area (Å²) in [7, 11) is 1.32. The summed E-state index contributed by atoms with van der Waals surface area (Å²) in [5, 5.41) is 9.05. The minimum atomic E-state index is -1.00. The number of methoxy groups -OCH3 is 1. The van der Waals surface area contributed by atoms with Gasteiger partial charge in [0, 0.05) is 6.42 Å². The number of carbonyl (C=O) groups is 2. The Bertz CT molecular complexity index is 660. The largest absolute Gasteiger partial charge is 0.478 e. The number of aromatic nitrogens is 2. The van der Waals surface area contributed by atoms with Gasteiger partial charge in [-0.15, -0.1) is 0 Å². The molecule has 0 aliphatic carbocycles. The van der Waals surface area contributed by atoms with E-state index >= 15 is 0 Å². The van der Waals surface area contributed by atoms with Crippen LogP contribution in [0.4, 0.5) is 0 Å². The van der Waals surface area contributed by atoms with Crippen LogP contribution >= 0.6 is 0 Å². The predicted octanol–water partition coefficient (Wildman–Crippen LogP) is 1.86. The zero-order chi connectivity index (χ0) is 14.7. The SMILES string of the molecule is CCCc1nc2ccc(C(=O)O)cc2n1CC(=O)OC. The molecule has 1 N–H and O–H groups in total. The number of esters is 1. The number of aromatic carboxylic acids is 1. The van der Waals surface area contributed by atoms with Crippen LogP contribution in [0.25, 0.3) is 11.0 Å². The molecule has 0 amide bonds. The van der Waals surface area contributed by atoms with Crippen LogP contribution in [0.2, 0.25) is 0 Å². The lowest BCUT2D eigenvalue weighted by Gasteiger charge is -2.07. The van der Waals surface area contributed by atoms with E-state index in [1.165, 1.54) is 19.2 Å². The number of aryl methyl sites for hydroxylation is 1. The molecular formula is C14H16N2O4. The number of hydrogen-bond acceptors (Lipinski definition) is 4. The summed E-state index contributed by atoms with van der Waals surface area (Å²) < 4.78 is 6.40. The first kappa shape index (κ1) is 14.0. The van der Waals surface area contributed by atoms with Crippen molar-refractivity contribution >= 4 is 23.0 Å². The molecule has 1 heterocycles. The van der Waals surface area contributed by atoms with E-state index in [0.717, 1.165) is 12.2 Å². The third-order valence-electron chi connectivity index (χ3n) is 3.06. The van der Waals surface area contributed by atoms with E-state index in [-0.39, 0.29) is 18.1 Å². The molecular weight excluding hydrogens is 260 g/mol. The molecule has 0 spiro atoms. The highest BCUT2D eigenvalue weighted by molar-refractivity contribution is 5.92. The van der Waals surface area contributed by atoms with Crippen molar-refractivity contribution in [3.8, 4) is 0 Å². The van der Waals surface area contributed by atoms with Crippen molar-refractivity contribution in [3.63, 3.8) is 0 Å². The van der Waals surface area contributed by atoms with Crippen LogP contribution in [0, 0.1) is 0 Å². The minimum Gasteiger partial charge on any atom is -0.478 e. The zero-order valence-corrected chi connectivity index (χ0v) is 11.4. The molecule has 0 aliphatic rings. The number of carboxylic acids is 1. The van der Waals surface area contributed by atoms with Crippen LogP contribution in [-0.4, -0.2) is 33.7 Å². The fourth-order valence-corrected chi connectivity index (χ4v) is 2.09. The normalized spacial score (nSPS) is 10.7. The summed E-state index contributed by atoms with van der Waals surface area (Å²) in [6.07, 6.45) is 1.60. The lowest BCUT2D eigenvalue weighted by molar-refractivity contribution is -0.141. The van der Waals surface area contributed by atoms with Crippen molar-refractivity contribution in [2.24, 2.45) is 0 Å². The van der Waals surface area contributed by atoms with Gasteiger partial charge in [0.2, 0.25) is 0 Å². The zero-order valence-electron chi connectivity index (χ0n) is 11.4. The molecule has 0 aliphatic heterocycles. The van der Waals surface area contributed by atoms with E-state index in [4.69, 9.17) is 5.11 Å². The second-order valence-electron chi connectivity index (χ2n) is 4.45. The van der Waals surface area contributed by atoms with E-state index < -0.39 is 5.97 Å². The van der Waals surface area contributed by atoms with Crippen LogP contribution in [0.5, 0.6) is 0 Å². The predicted molar refractivity (Wildman–Crippen MR) is 72.7 cm³/mol. The van der Waals surface area contributed by atoms with E-state index in [9.17, 15) is 9.59 Å². The molecule has 0 saturated heterocycles. The second-order valence-corrected chi connectivity index (χ2v) is 4.45. The summed E-state index contributed by atoms with van der Waals surface area (Å²) in [6, 6.07) is 4.70. The molecule has 2 aromatic rings. The standard InChI is InChI=1S/C14H16N2O4/c1-3-4-12-15-10-6-5-9(14(18)19)7-11(10)16(12)8-13(17)20-2/h5-7H,3-4,8H2,1-2H3,(H,18,19). The monoisotopic (exact) mass is 276 g/mol. The number of benzene rings is 1. The molecule has 0 atom stereocenters. The van der Waals surface area contributed by atoms with Crippen LogP contribution in [0.3, 0.4) is 0 Å². The van der Waals surface area contributed by atoms with Crippen LogP contribution in [-0.2, 0) is 22.5 Å². The van der Waals surface area contributed by atoms with Gasteiger partial charge in [-0.2, -0.15) is 0 Å². The van der Waals surface area contributed by atoms with Gasteiger partial charge in [0.05, 0.1) is 23.7 Å². The van der Waals surface area contributed by atoms with E-state index in [1.807, 2.05) is 6.92 Å². The van der Waals surface area contributed by atoms with Gasteiger partial charge >= 0.3 is 11.9 Å². The number of hydrogen-bond donors (Lipinski definition) is 1. The Morgan fingerprint density at radius 2 is 2.15 bits per heavy atom. The topological polar surface area (TPSA) is 81.4 Å². The maximum Gasteiger partial charge on any atom is 0.335 e. The molecule has 0 radical (unpaired) electrons. The number of carbonyl (C=O) groups excluding carboxylic acids is 1. The fourth-order valence-electron chi connectivity index (χ4n) is 2.09. The van der Waals surface area contributed by atoms with E-state index in [1.54, 1.807) is 10.6 Å². The lowest BCUT2D eigenvalue weighted by atomic mass is 10.2. The van der Waals surface area contributed by atoms with Gasteiger partial charge in [0.25, 0.3) is 0 Å². The van der Waals surface area contributed by atoms with Crippen molar-refractivity contribution in [3.05, 3.63) is 29.6 Å². The van der Waals surface area contributed by atoms with Gasteiger partial charge in [-0.1, -0.05) is 6.92 Å². The highest BCUT2D eigenvalue weighted by Gasteiger charge is 2.15. The summed E-state index contributed by atoms with van der Waals surface area (Å²) in [5.74, 6) is -0.632. The maximum absolute atomic E-state index is 11.5. The highest BCUT2D eigenvalue weighted by atomic mass is 16.5. The number of carboxylic acid groups (broad SMARTS) is 1. The van der Waals surface area contributed by atoms with Crippen molar-refractivity contribution in [2.45, 2.75) is 26.3 Å². The lowest BCUT2D eigenvalue weighted by Crippen LogP contribution is -2.14. The highest BCUT2D eigenvalue weighted by Crippen LogP contribution is 2.19. The molecule has 0 fully saturated rings. The van der Waals surface area contributed by atoms with Crippen LogP contribution < -0.4 is 0 Å². The van der Waals surface area contributed by atoms with Crippen molar-refractivity contribution in [1.82, 2.24) is 9.55 Å². The quantitative estimate of drug-likeness (QED) is 0.843. The third kappa shape index (κ3) is 2.64. The molecule has 0 unspecified atom stereocenters. The molecule has 6 heteroatoms. The van der Waals surface area contributed by atoms with Gasteiger partial charge < -0.3 is 14.4 Å². The summed E-state index contributed by atoms with van der Waals surface area (Å²) in [5.41, 5.74) is 1.49. The summed E-state index contributed by atoms with van der Waals surface area (Å²) in [4.78, 5) is 27.0. The van der Waals surface area contributed by atoms with Crippen LogP contribution in [0.1, 0.15) is 29.5 Å². The number of imidazole rings is 1. The Morgan fingerprint density at radius 1 is 1.40 bits per heavy atom. The van der Waals surface area contributed by atoms with Gasteiger partial charge in [0.1, 0.15) is 12.4 Å². The average Bonchev–Trinajstić information content (AvgIpc) is 2.76. The Kier molecular flexibility index (Phi) is 4.02. The smallest absolute Gasteiger partial charge is 0.335 e. The summed E-state index contributed by atoms with van der Waals surface area (Å²) >= 11 is 0. The molecule has 6 nitrogen and oxygen atoms in total. The van der Waals surface area contributed by atoms with E-state index in [2.05, 4.69) is 9.72 Å². The van der Waals surface area contributed by atoms with Crippen molar-refractivity contribution in [1.29, 1.82) is 0 Å². The molecule has 106 valence electrons. The molecule has 1 aromatic heterocycles. The van der Waals surface area contributed by atoms with E-state index in [0.29, 0.717) is 17.5 Å². The van der Waals surface area contributed by atoms with Gasteiger partial charge in [-0.25, -0.2) is 9.78 Å². The Balaban J connectivity index is 2.57. The first-order valence-electron chi connectivity index (χ1n) is 6.36. The van der Waals surface area contributed by atoms with Crippen molar-refractivity contribution in [2.75, 3.05) is 7.11 Å². The number of rotatable bonds is 5. The van der Waals surface area contributed by atoms with Crippen LogP contribution in [0.15, 0.2) is 18.2 Å². The summed E-state index contributed by atoms with van der Waals surface area (Å²) in [6.45, 7) is 2.05. The van der Waals surface area contributed by atoms with Crippen molar-refractivity contribution < 1.29 is 19.4 Å². The van der Waals surface area contributed by atoms with Gasteiger partial charge in [-0.05, 0) is 24.6 Å². The Labute approximate surface area is 116 Å². The molecule has 0 bridgehead atoms. The Morgan fingerprint density at radius 3 is 2.75 bits per heavy atom. The Hall–Kier alpha value is -2.37. The minimum absolute atomic E-state index is 0.0331. The number of fused-ring (bicyclic) bond motifs is 1. The average molecular weight is 276 g/mol. The molecule has 0 saturated carbocycles. The van der Waals surface area contributed by atoms with Gasteiger partial charge in [0.15, 0.2) is 0 Å². The second kappa shape index (κ2) is 5.73. The van der Waals surface area contributed by atoms with Gasteiger partial charge in [-0.3, -0.25) is 4.79 Å². The molecule has 20 heavy (non-hydrogen) atoms. The maximum atomic E-state index is 11.5. The molecule has 1 aromatic carbocycles. The number of nitrogens with zero attached hydrogens (tertiary/aromatic N) is 2. The number of ether oxygens (including phenoxy) is 1. The first-order chi connectivity index (χ1) is 9.56.